The van der Waals surface area contributed by atoms with Crippen molar-refractivity contribution in [2.75, 3.05) is 5.32 Å². The predicted molar refractivity (Wildman–Crippen MR) is 94.9 cm³/mol. The molecule has 1 N–H and O–H groups in total. The van der Waals surface area contributed by atoms with Gasteiger partial charge in [-0.25, -0.2) is 14.6 Å². The number of amides is 1. The first-order valence-electron chi connectivity index (χ1n) is 7.96. The van der Waals surface area contributed by atoms with Crippen molar-refractivity contribution in [2.45, 2.75) is 6.54 Å². The topological polar surface area (TPSA) is 90.5 Å². The van der Waals surface area contributed by atoms with Crippen molar-refractivity contribution in [1.82, 2.24) is 29.3 Å². The highest BCUT2D eigenvalue weighted by Gasteiger charge is 2.12. The lowest BCUT2D eigenvalue weighted by Crippen LogP contribution is -2.17. The number of hydrogen-bond donors (Lipinski definition) is 1. The van der Waals surface area contributed by atoms with Crippen molar-refractivity contribution in [1.29, 1.82) is 0 Å². The molecule has 4 aromatic heterocycles. The lowest BCUT2D eigenvalue weighted by molar-refractivity contribution is 0.101. The highest BCUT2D eigenvalue weighted by molar-refractivity contribution is 6.03. The van der Waals surface area contributed by atoms with Gasteiger partial charge < -0.3 is 9.88 Å². The molecule has 0 atom stereocenters. The van der Waals surface area contributed by atoms with E-state index in [1.54, 1.807) is 47.8 Å². The van der Waals surface area contributed by atoms with E-state index in [9.17, 15) is 4.79 Å². The Balaban J connectivity index is 1.48. The molecule has 4 heterocycles. The molecule has 0 fully saturated rings. The Morgan fingerprint density at radius 3 is 2.69 bits per heavy atom. The van der Waals surface area contributed by atoms with Gasteiger partial charge in [-0.2, -0.15) is 5.10 Å². The standard InChI is InChI=1S/C18H15N7O/c26-18(16-2-1-9-24(16)11-14-5-7-19-8-6-14)23-15-3-4-17(21-10-15)25-13-20-12-22-25/h1-10,12-13H,11H2,(H,23,26). The lowest BCUT2D eigenvalue weighted by Gasteiger charge is -2.10. The number of nitrogens with one attached hydrogen (secondary N) is 1. The van der Waals surface area contributed by atoms with Crippen LogP contribution in [-0.2, 0) is 6.54 Å². The zero-order valence-electron chi connectivity index (χ0n) is 13.7. The minimum absolute atomic E-state index is 0.195. The summed E-state index contributed by atoms with van der Waals surface area (Å²) in [6, 6.07) is 11.0. The number of anilines is 1. The molecule has 4 aromatic rings. The van der Waals surface area contributed by atoms with Crippen LogP contribution < -0.4 is 5.32 Å². The Morgan fingerprint density at radius 1 is 1.08 bits per heavy atom. The second-order valence-corrected chi connectivity index (χ2v) is 5.58. The van der Waals surface area contributed by atoms with E-state index in [4.69, 9.17) is 0 Å². The normalized spacial score (nSPS) is 10.6. The molecule has 0 radical (unpaired) electrons. The third kappa shape index (κ3) is 3.34. The van der Waals surface area contributed by atoms with Gasteiger partial charge in [0.25, 0.3) is 5.91 Å². The van der Waals surface area contributed by atoms with Gasteiger partial charge in [-0.3, -0.25) is 9.78 Å². The molecule has 8 heteroatoms. The van der Waals surface area contributed by atoms with Crippen LogP contribution in [0.1, 0.15) is 16.1 Å². The minimum atomic E-state index is -0.195. The SMILES string of the molecule is O=C(Nc1ccc(-n2cncn2)nc1)c1cccn1Cc1ccncc1. The van der Waals surface area contributed by atoms with E-state index in [0.29, 0.717) is 23.7 Å². The molecular formula is C18H15N7O. The zero-order chi connectivity index (χ0) is 17.8. The molecule has 0 aliphatic rings. The summed E-state index contributed by atoms with van der Waals surface area (Å²) in [6.07, 6.45) is 9.94. The Labute approximate surface area is 149 Å². The van der Waals surface area contributed by atoms with Crippen LogP contribution in [0.5, 0.6) is 0 Å². The van der Waals surface area contributed by atoms with Crippen LogP contribution in [0.2, 0.25) is 0 Å². The number of rotatable bonds is 5. The largest absolute Gasteiger partial charge is 0.339 e. The third-order valence-corrected chi connectivity index (χ3v) is 3.82. The van der Waals surface area contributed by atoms with Crippen molar-refractivity contribution in [3.63, 3.8) is 0 Å². The molecule has 0 saturated carbocycles. The van der Waals surface area contributed by atoms with Crippen molar-refractivity contribution < 1.29 is 4.79 Å². The number of carbonyl (C=O) groups is 1. The van der Waals surface area contributed by atoms with E-state index in [2.05, 4.69) is 25.4 Å². The van der Waals surface area contributed by atoms with E-state index >= 15 is 0 Å². The summed E-state index contributed by atoms with van der Waals surface area (Å²) < 4.78 is 3.44. The lowest BCUT2D eigenvalue weighted by atomic mass is 10.2. The van der Waals surface area contributed by atoms with Crippen LogP contribution in [0.15, 0.2) is 73.8 Å². The average Bonchev–Trinajstić information content (AvgIpc) is 3.35. The fourth-order valence-corrected chi connectivity index (χ4v) is 2.56. The highest BCUT2D eigenvalue weighted by atomic mass is 16.1. The van der Waals surface area contributed by atoms with E-state index in [-0.39, 0.29) is 5.91 Å². The number of pyridine rings is 2. The first-order chi connectivity index (χ1) is 12.8. The number of hydrogen-bond acceptors (Lipinski definition) is 5. The van der Waals surface area contributed by atoms with Gasteiger partial charge in [0.15, 0.2) is 5.82 Å². The summed E-state index contributed by atoms with van der Waals surface area (Å²) in [6.45, 7) is 0.599. The maximum atomic E-state index is 12.6. The van der Waals surface area contributed by atoms with Gasteiger partial charge in [0, 0.05) is 25.1 Å². The Bertz CT molecular complexity index is 992. The maximum Gasteiger partial charge on any atom is 0.272 e. The van der Waals surface area contributed by atoms with E-state index in [0.717, 1.165) is 5.56 Å². The van der Waals surface area contributed by atoms with E-state index in [1.165, 1.54) is 6.33 Å². The molecule has 0 aromatic carbocycles. The molecule has 0 aliphatic carbocycles. The van der Waals surface area contributed by atoms with Gasteiger partial charge in [0.1, 0.15) is 18.3 Å². The average molecular weight is 345 g/mol. The summed E-state index contributed by atoms with van der Waals surface area (Å²) >= 11 is 0. The van der Waals surface area contributed by atoms with Crippen molar-refractivity contribution in [3.05, 3.63) is 85.1 Å². The van der Waals surface area contributed by atoms with Crippen molar-refractivity contribution >= 4 is 11.6 Å². The number of carbonyl (C=O) groups excluding carboxylic acids is 1. The van der Waals surface area contributed by atoms with E-state index in [1.807, 2.05) is 29.0 Å². The van der Waals surface area contributed by atoms with Gasteiger partial charge in [0.2, 0.25) is 0 Å². The Kier molecular flexibility index (Phi) is 4.21. The first-order valence-corrected chi connectivity index (χ1v) is 7.96. The van der Waals surface area contributed by atoms with Gasteiger partial charge in [-0.1, -0.05) is 0 Å². The predicted octanol–water partition coefficient (Wildman–Crippen LogP) is 2.16. The van der Waals surface area contributed by atoms with Crippen LogP contribution in [0.25, 0.3) is 5.82 Å². The van der Waals surface area contributed by atoms with Gasteiger partial charge in [-0.05, 0) is 42.0 Å². The zero-order valence-corrected chi connectivity index (χ0v) is 13.7. The fraction of sp³-hybridized carbons (Fsp3) is 0.0556. The van der Waals surface area contributed by atoms with Crippen LogP contribution >= 0.6 is 0 Å². The first kappa shape index (κ1) is 15.7. The van der Waals surface area contributed by atoms with E-state index < -0.39 is 0 Å². The second kappa shape index (κ2) is 6.98. The smallest absolute Gasteiger partial charge is 0.272 e. The molecule has 1 amide bonds. The highest BCUT2D eigenvalue weighted by Crippen LogP contribution is 2.12. The summed E-state index contributed by atoms with van der Waals surface area (Å²) in [5, 5.41) is 6.88. The Morgan fingerprint density at radius 2 is 1.96 bits per heavy atom. The van der Waals surface area contributed by atoms with Crippen LogP contribution in [0, 0.1) is 0 Å². The van der Waals surface area contributed by atoms with Gasteiger partial charge in [-0.15, -0.1) is 0 Å². The van der Waals surface area contributed by atoms with Gasteiger partial charge in [0.05, 0.1) is 11.9 Å². The molecule has 26 heavy (non-hydrogen) atoms. The quantitative estimate of drug-likeness (QED) is 0.598. The minimum Gasteiger partial charge on any atom is -0.339 e. The molecule has 0 aliphatic heterocycles. The number of aromatic nitrogens is 6. The van der Waals surface area contributed by atoms with Crippen molar-refractivity contribution in [2.24, 2.45) is 0 Å². The summed E-state index contributed by atoms with van der Waals surface area (Å²) in [5.74, 6) is 0.431. The van der Waals surface area contributed by atoms with Gasteiger partial charge >= 0.3 is 0 Å². The molecular weight excluding hydrogens is 330 g/mol. The molecule has 0 unspecified atom stereocenters. The molecule has 128 valence electrons. The molecule has 0 bridgehead atoms. The fourth-order valence-electron chi connectivity index (χ4n) is 2.56. The Hall–Kier alpha value is -3.81. The summed E-state index contributed by atoms with van der Waals surface area (Å²) in [4.78, 5) is 24.8. The summed E-state index contributed by atoms with van der Waals surface area (Å²) in [7, 11) is 0. The van der Waals surface area contributed by atoms with Crippen LogP contribution in [0.3, 0.4) is 0 Å². The van der Waals surface area contributed by atoms with Crippen molar-refractivity contribution in [3.8, 4) is 5.82 Å². The molecule has 4 rings (SSSR count). The molecule has 0 saturated heterocycles. The third-order valence-electron chi connectivity index (χ3n) is 3.82. The second-order valence-electron chi connectivity index (χ2n) is 5.58. The van der Waals surface area contributed by atoms with Crippen LogP contribution in [0.4, 0.5) is 5.69 Å². The maximum absolute atomic E-state index is 12.6. The number of nitrogens with zero attached hydrogens (tertiary/aromatic N) is 6. The molecule has 0 spiro atoms. The monoisotopic (exact) mass is 345 g/mol. The summed E-state index contributed by atoms with van der Waals surface area (Å²) in [5.41, 5.74) is 2.25. The van der Waals surface area contributed by atoms with Crippen LogP contribution in [-0.4, -0.2) is 35.2 Å². The molecule has 8 nitrogen and oxygen atoms in total.